The molecule has 1 fully saturated rings. The van der Waals surface area contributed by atoms with E-state index in [9.17, 15) is 0 Å². The second-order valence-corrected chi connectivity index (χ2v) is 33.7. The number of aryl methyl sites for hydroxylation is 1. The van der Waals surface area contributed by atoms with E-state index < -0.39 is 13.3 Å². The van der Waals surface area contributed by atoms with Gasteiger partial charge in [0.15, 0.2) is 0 Å². The molecule has 1 aliphatic carbocycles. The first kappa shape index (κ1) is 52.9. The SMILES string of the molecule is CC(C)Cc1cc(-c2[c-]ccc(-c3ccccc3)c2)nc[c]1[Ge]([CH3])([CH3])[CH3].Cc1ccc2c(ccc3nc(-c4[c-]ccc5c4oc4nc(C6CCCCC6)ccc45)n(-c4ccc(C(C)(C)C)cc4-c4ccccc4)c32)n1.[Ir]. The number of pyridine rings is 3. The zero-order valence-corrected chi connectivity index (χ0v) is 49.9. The van der Waals surface area contributed by atoms with E-state index in [2.05, 4.69) is 214 Å². The molecule has 0 N–H and O–H groups in total. The molecule has 6 nitrogen and oxygen atoms in total. The predicted molar refractivity (Wildman–Crippen MR) is 316 cm³/mol. The summed E-state index contributed by atoms with van der Waals surface area (Å²) in [7, 11) is 0. The van der Waals surface area contributed by atoms with E-state index in [-0.39, 0.29) is 25.5 Å². The molecule has 1 saturated carbocycles. The van der Waals surface area contributed by atoms with Crippen LogP contribution in [-0.4, -0.2) is 37.8 Å². The third-order valence-electron chi connectivity index (χ3n) is 15.0. The van der Waals surface area contributed by atoms with E-state index >= 15 is 0 Å². The minimum absolute atomic E-state index is 0. The van der Waals surface area contributed by atoms with Gasteiger partial charge in [-0.25, -0.2) is 4.98 Å². The van der Waals surface area contributed by atoms with Gasteiger partial charge >= 0.3 is 161 Å². The van der Waals surface area contributed by atoms with E-state index in [4.69, 9.17) is 24.4 Å². The van der Waals surface area contributed by atoms with Crippen LogP contribution in [0.15, 0.2) is 162 Å². The van der Waals surface area contributed by atoms with Gasteiger partial charge in [0, 0.05) is 59.4 Å². The van der Waals surface area contributed by atoms with Crippen molar-refractivity contribution in [3.63, 3.8) is 0 Å². The fraction of sp³-hybridized carbons (Fsp3) is 0.265. The van der Waals surface area contributed by atoms with Crippen molar-refractivity contribution >= 4 is 61.7 Å². The van der Waals surface area contributed by atoms with Crippen molar-refractivity contribution in [2.24, 2.45) is 5.92 Å². The van der Waals surface area contributed by atoms with Crippen molar-refractivity contribution in [3.05, 3.63) is 193 Å². The van der Waals surface area contributed by atoms with Gasteiger partial charge in [0.25, 0.3) is 0 Å². The van der Waals surface area contributed by atoms with E-state index in [1.54, 1.807) is 0 Å². The standard InChI is InChI=1S/C44H39N4O.C24H28GeN.Ir/c1-27-18-20-33-37(45-27)23-24-38-40(33)48(39-25-19-30(44(2,3)4)26-35(39)28-12-7-5-8-13-28)42(46-38)34-17-11-16-31-32-21-22-36(29-14-9-6-10-15-29)47-43(32)49-41(31)34;1-18(2)14-22-16-24(26-17-23(22)25(3,4)5)21-13-9-12-20(15-21)19-10-7-6-8-11-19;/h5,7-8,11-13,16,18-26,29H,6,9-10,14-15H2,1-4H3;6-12,15-18H,14H2,1-5H3;/q2*-1;. The molecule has 0 aliphatic heterocycles. The van der Waals surface area contributed by atoms with Gasteiger partial charge in [0.1, 0.15) is 0 Å². The number of hydrogen-bond donors (Lipinski definition) is 0. The number of aromatic nitrogens is 5. The molecule has 0 bridgehead atoms. The summed E-state index contributed by atoms with van der Waals surface area (Å²) in [5.41, 5.74) is 17.9. The molecule has 0 atom stereocenters. The van der Waals surface area contributed by atoms with Crippen molar-refractivity contribution in [3.8, 4) is 50.6 Å². The average molecular weight is 1240 g/mol. The monoisotopic (exact) mass is 1240 g/mol. The molecule has 1 radical (unpaired) electrons. The molecule has 1 aliphatic rings. The van der Waals surface area contributed by atoms with Crippen LogP contribution in [-0.2, 0) is 31.9 Å². The van der Waals surface area contributed by atoms with Crippen molar-refractivity contribution in [2.75, 3.05) is 0 Å². The molecule has 8 heteroatoms. The van der Waals surface area contributed by atoms with Crippen molar-refractivity contribution in [1.82, 2.24) is 24.5 Å². The molecule has 0 unspecified atom stereocenters. The summed E-state index contributed by atoms with van der Waals surface area (Å²) >= 11 is -1.93. The largest absolute Gasteiger partial charge is 0.486 e. The normalized spacial score (nSPS) is 13.3. The third kappa shape index (κ3) is 10.8. The molecule has 385 valence electrons. The number of fused-ring (bicyclic) bond motifs is 6. The van der Waals surface area contributed by atoms with Crippen LogP contribution in [0, 0.1) is 25.0 Å². The van der Waals surface area contributed by atoms with Crippen LogP contribution in [0.5, 0.6) is 0 Å². The maximum atomic E-state index is 6.73. The number of benzene rings is 6. The smallest absolute Gasteiger partial charge is 0.216 e. The molecule has 11 aromatic rings. The number of rotatable bonds is 9. The van der Waals surface area contributed by atoms with Gasteiger partial charge in [0.2, 0.25) is 5.71 Å². The number of imidazole rings is 1. The Bertz CT molecular complexity index is 3860. The zero-order valence-electron chi connectivity index (χ0n) is 45.4. The van der Waals surface area contributed by atoms with Crippen LogP contribution in [0.1, 0.15) is 95.2 Å². The molecular formula is C68H67GeIrN5O-2. The second-order valence-electron chi connectivity index (χ2n) is 23.1. The Morgan fingerprint density at radius 3 is 2.12 bits per heavy atom. The summed E-state index contributed by atoms with van der Waals surface area (Å²) in [4.78, 5) is 20.2. The minimum Gasteiger partial charge on any atom is -0.486 e. The predicted octanol–water partition coefficient (Wildman–Crippen LogP) is 17.6. The summed E-state index contributed by atoms with van der Waals surface area (Å²) in [5, 5.41) is 3.10. The molecule has 0 spiro atoms. The average Bonchev–Trinajstić information content (AvgIpc) is 4.01. The number of hydrogen-bond acceptors (Lipinski definition) is 5. The van der Waals surface area contributed by atoms with Gasteiger partial charge < -0.3 is 8.98 Å². The van der Waals surface area contributed by atoms with E-state index in [1.165, 1.54) is 58.8 Å². The quantitative estimate of drug-likeness (QED) is 0.106. The van der Waals surface area contributed by atoms with Crippen molar-refractivity contribution in [1.29, 1.82) is 0 Å². The summed E-state index contributed by atoms with van der Waals surface area (Å²) in [6.45, 7) is 13.4. The van der Waals surface area contributed by atoms with Crippen LogP contribution in [0.3, 0.4) is 0 Å². The van der Waals surface area contributed by atoms with Crippen LogP contribution in [0.25, 0.3) is 94.6 Å². The van der Waals surface area contributed by atoms with Gasteiger partial charge in [-0.15, -0.1) is 18.2 Å². The summed E-state index contributed by atoms with van der Waals surface area (Å²) in [6.07, 6.45) is 9.52. The van der Waals surface area contributed by atoms with Crippen LogP contribution in [0.4, 0.5) is 0 Å². The third-order valence-corrected chi connectivity index (χ3v) is 19.3. The van der Waals surface area contributed by atoms with Gasteiger partial charge in [-0.3, -0.25) is 9.97 Å². The number of furan rings is 1. The Morgan fingerprint density at radius 2 is 1.39 bits per heavy atom. The van der Waals surface area contributed by atoms with Crippen molar-refractivity contribution in [2.45, 2.75) is 109 Å². The Kier molecular flexibility index (Phi) is 15.2. The van der Waals surface area contributed by atoms with Gasteiger partial charge in [0.05, 0.1) is 28.0 Å². The maximum Gasteiger partial charge on any atom is 0.216 e. The Hall–Kier alpha value is -6.51. The van der Waals surface area contributed by atoms with Gasteiger partial charge in [-0.2, -0.15) is 0 Å². The summed E-state index contributed by atoms with van der Waals surface area (Å²) in [6, 6.07) is 60.5. The Balaban J connectivity index is 0.000000206. The second kappa shape index (κ2) is 21.9. The fourth-order valence-electron chi connectivity index (χ4n) is 11.1. The van der Waals surface area contributed by atoms with Crippen LogP contribution >= 0.6 is 0 Å². The first-order chi connectivity index (χ1) is 36.2. The molecule has 5 heterocycles. The van der Waals surface area contributed by atoms with Crippen molar-refractivity contribution < 1.29 is 24.5 Å². The van der Waals surface area contributed by atoms with E-state index in [0.29, 0.717) is 17.5 Å². The first-order valence-electron chi connectivity index (χ1n) is 27.0. The molecule has 6 aromatic carbocycles. The molecule has 0 saturated heterocycles. The Morgan fingerprint density at radius 1 is 0.684 bits per heavy atom. The topological polar surface area (TPSA) is 69.6 Å². The zero-order chi connectivity index (χ0) is 52.0. The van der Waals surface area contributed by atoms with E-state index in [0.717, 1.165) is 95.6 Å². The summed E-state index contributed by atoms with van der Waals surface area (Å²) < 4.78 is 10.6. The van der Waals surface area contributed by atoms with Crippen LogP contribution in [0.2, 0.25) is 17.3 Å². The summed E-state index contributed by atoms with van der Waals surface area (Å²) in [5.74, 6) is 9.27. The Labute approximate surface area is 465 Å². The van der Waals surface area contributed by atoms with E-state index in [1.807, 2.05) is 19.1 Å². The van der Waals surface area contributed by atoms with Crippen LogP contribution < -0.4 is 4.40 Å². The van der Waals surface area contributed by atoms with Gasteiger partial charge in [-0.05, 0) is 84.8 Å². The van der Waals surface area contributed by atoms with Gasteiger partial charge in [-0.1, -0.05) is 87.4 Å². The molecule has 0 amide bonds. The minimum atomic E-state index is -1.93. The molecule has 12 rings (SSSR count). The fourth-order valence-corrected chi connectivity index (χ4v) is 14.4. The molecule has 5 aromatic heterocycles. The first-order valence-corrected chi connectivity index (χ1v) is 34.3. The number of nitrogens with zero attached hydrogens (tertiary/aromatic N) is 5. The maximum absolute atomic E-state index is 6.73. The molecular weight excluding hydrogens is 1170 g/mol. The molecule has 76 heavy (non-hydrogen) atoms.